The predicted molar refractivity (Wildman–Crippen MR) is 40.2 cm³/mol. The zero-order valence-corrected chi connectivity index (χ0v) is 6.23. The van der Waals surface area contributed by atoms with Gasteiger partial charge in [-0.2, -0.15) is 0 Å². The Kier molecular flexibility index (Phi) is 2.42. The van der Waals surface area contributed by atoms with E-state index in [-0.39, 0.29) is 6.54 Å². The van der Waals surface area contributed by atoms with Gasteiger partial charge < -0.3 is 11.1 Å². The lowest BCUT2D eigenvalue weighted by Crippen LogP contribution is -2.35. The van der Waals surface area contributed by atoms with E-state index in [0.717, 1.165) is 0 Å². The minimum atomic E-state index is -0.580. The molecule has 0 aliphatic rings. The maximum absolute atomic E-state index is 11.0. The van der Waals surface area contributed by atoms with Gasteiger partial charge in [-0.25, -0.2) is 9.78 Å². The van der Waals surface area contributed by atoms with E-state index in [4.69, 9.17) is 5.73 Å². The van der Waals surface area contributed by atoms with Gasteiger partial charge in [0.2, 0.25) is 5.91 Å². The Balaban J connectivity index is 2.45. The summed E-state index contributed by atoms with van der Waals surface area (Å²) in [6, 6.07) is -0.425. The van der Waals surface area contributed by atoms with Gasteiger partial charge in [0.15, 0.2) is 0 Å². The standard InChI is InChI=1S/C6H8N4O2/c7-5(11)3-9-6(12)10-2-1-8-4-10/h1-2,4H,3H2,(H2,7,11)(H,9,12). The first kappa shape index (κ1) is 8.25. The van der Waals surface area contributed by atoms with Crippen molar-refractivity contribution in [2.75, 3.05) is 6.54 Å². The van der Waals surface area contributed by atoms with E-state index in [9.17, 15) is 9.59 Å². The maximum Gasteiger partial charge on any atom is 0.327 e. The number of nitrogens with zero attached hydrogens (tertiary/aromatic N) is 2. The minimum Gasteiger partial charge on any atom is -0.368 e. The van der Waals surface area contributed by atoms with Gasteiger partial charge in [-0.05, 0) is 0 Å². The quantitative estimate of drug-likeness (QED) is 0.588. The summed E-state index contributed by atoms with van der Waals surface area (Å²) in [4.78, 5) is 24.9. The third-order valence-corrected chi connectivity index (χ3v) is 1.15. The van der Waals surface area contributed by atoms with Crippen LogP contribution < -0.4 is 11.1 Å². The van der Waals surface area contributed by atoms with Crippen LogP contribution in [0.4, 0.5) is 4.79 Å². The fourth-order valence-corrected chi connectivity index (χ4v) is 0.633. The van der Waals surface area contributed by atoms with Crippen LogP contribution in [0, 0.1) is 0 Å². The largest absolute Gasteiger partial charge is 0.368 e. The zero-order valence-electron chi connectivity index (χ0n) is 6.23. The monoisotopic (exact) mass is 168 g/mol. The van der Waals surface area contributed by atoms with E-state index in [2.05, 4.69) is 10.3 Å². The second-order valence-corrected chi connectivity index (χ2v) is 2.09. The number of nitrogens with two attached hydrogens (primary N) is 1. The van der Waals surface area contributed by atoms with Crippen LogP contribution in [-0.2, 0) is 4.79 Å². The molecule has 12 heavy (non-hydrogen) atoms. The summed E-state index contributed by atoms with van der Waals surface area (Å²) in [6.45, 7) is -0.170. The minimum absolute atomic E-state index is 0.170. The third kappa shape index (κ3) is 2.08. The Hall–Kier alpha value is -1.85. The molecular weight excluding hydrogens is 160 g/mol. The van der Waals surface area contributed by atoms with E-state index in [1.54, 1.807) is 0 Å². The SMILES string of the molecule is NC(=O)CNC(=O)n1ccnc1. The summed E-state index contributed by atoms with van der Waals surface area (Å²) >= 11 is 0. The van der Waals surface area contributed by atoms with E-state index >= 15 is 0 Å². The van der Waals surface area contributed by atoms with E-state index in [0.29, 0.717) is 0 Å². The number of hydrogen-bond acceptors (Lipinski definition) is 3. The van der Waals surface area contributed by atoms with Gasteiger partial charge in [-0.1, -0.05) is 0 Å². The van der Waals surface area contributed by atoms with Crippen molar-refractivity contribution in [3.63, 3.8) is 0 Å². The first-order chi connectivity index (χ1) is 5.70. The fourth-order valence-electron chi connectivity index (χ4n) is 0.633. The lowest BCUT2D eigenvalue weighted by atomic mass is 10.6. The number of carbonyl (C=O) groups excluding carboxylic acids is 2. The van der Waals surface area contributed by atoms with E-state index in [1.165, 1.54) is 23.3 Å². The summed E-state index contributed by atoms with van der Waals surface area (Å²) in [5.41, 5.74) is 4.82. The van der Waals surface area contributed by atoms with Crippen molar-refractivity contribution in [3.05, 3.63) is 18.7 Å². The number of rotatable bonds is 2. The van der Waals surface area contributed by atoms with Crippen molar-refractivity contribution in [2.24, 2.45) is 5.73 Å². The summed E-state index contributed by atoms with van der Waals surface area (Å²) in [5, 5.41) is 2.29. The molecule has 0 unspecified atom stereocenters. The lowest BCUT2D eigenvalue weighted by Gasteiger charge is -2.00. The number of primary amides is 1. The fraction of sp³-hybridized carbons (Fsp3) is 0.167. The van der Waals surface area contributed by atoms with Crippen LogP contribution >= 0.6 is 0 Å². The highest BCUT2D eigenvalue weighted by Crippen LogP contribution is 1.83. The Morgan fingerprint density at radius 3 is 2.83 bits per heavy atom. The Labute approximate surface area is 68.4 Å². The van der Waals surface area contributed by atoms with Crippen LogP contribution in [0.1, 0.15) is 0 Å². The Bertz CT molecular complexity index is 280. The highest BCUT2D eigenvalue weighted by Gasteiger charge is 2.02. The van der Waals surface area contributed by atoms with Gasteiger partial charge in [0, 0.05) is 12.4 Å². The van der Waals surface area contributed by atoms with Crippen LogP contribution in [0.25, 0.3) is 0 Å². The maximum atomic E-state index is 11.0. The van der Waals surface area contributed by atoms with Gasteiger partial charge in [0.1, 0.15) is 6.33 Å². The molecule has 1 aromatic heterocycles. The van der Waals surface area contributed by atoms with Crippen LogP contribution in [0.5, 0.6) is 0 Å². The molecule has 3 N–H and O–H groups in total. The first-order valence-electron chi connectivity index (χ1n) is 3.24. The predicted octanol–water partition coefficient (Wildman–Crippen LogP) is -1.07. The number of imidazole rings is 1. The molecule has 0 saturated carbocycles. The van der Waals surface area contributed by atoms with Crippen LogP contribution in [-0.4, -0.2) is 28.0 Å². The molecule has 1 rings (SSSR count). The van der Waals surface area contributed by atoms with Gasteiger partial charge in [-0.3, -0.25) is 9.36 Å². The molecule has 6 nitrogen and oxygen atoms in total. The summed E-state index contributed by atoms with van der Waals surface area (Å²) < 4.78 is 1.21. The number of carbonyl (C=O) groups is 2. The summed E-state index contributed by atoms with van der Waals surface area (Å²) in [6.07, 6.45) is 4.26. The Morgan fingerprint density at radius 1 is 1.58 bits per heavy atom. The molecule has 0 saturated heterocycles. The van der Waals surface area contributed by atoms with Crippen LogP contribution in [0.3, 0.4) is 0 Å². The first-order valence-corrected chi connectivity index (χ1v) is 3.24. The zero-order chi connectivity index (χ0) is 8.97. The number of amides is 2. The topological polar surface area (TPSA) is 90.0 Å². The molecule has 0 radical (unpaired) electrons. The van der Waals surface area contributed by atoms with Crippen LogP contribution in [0.15, 0.2) is 18.7 Å². The molecule has 0 bridgehead atoms. The molecular formula is C6H8N4O2. The van der Waals surface area contributed by atoms with E-state index < -0.39 is 11.9 Å². The summed E-state index contributed by atoms with van der Waals surface area (Å²) in [7, 11) is 0. The summed E-state index contributed by atoms with van der Waals surface area (Å²) in [5.74, 6) is -0.580. The molecule has 2 amide bonds. The van der Waals surface area contributed by atoms with Crippen molar-refractivity contribution in [2.45, 2.75) is 0 Å². The van der Waals surface area contributed by atoms with E-state index in [1.807, 2.05) is 0 Å². The molecule has 0 spiro atoms. The highest BCUT2D eigenvalue weighted by atomic mass is 16.2. The van der Waals surface area contributed by atoms with Crippen molar-refractivity contribution in [1.82, 2.24) is 14.9 Å². The molecule has 0 fully saturated rings. The van der Waals surface area contributed by atoms with Crippen molar-refractivity contribution in [3.8, 4) is 0 Å². The van der Waals surface area contributed by atoms with Gasteiger partial charge >= 0.3 is 6.03 Å². The molecule has 0 aliphatic carbocycles. The number of hydrogen-bond donors (Lipinski definition) is 2. The third-order valence-electron chi connectivity index (χ3n) is 1.15. The van der Waals surface area contributed by atoms with Crippen LogP contribution in [0.2, 0.25) is 0 Å². The van der Waals surface area contributed by atoms with Gasteiger partial charge in [0.25, 0.3) is 0 Å². The normalized spacial score (nSPS) is 9.33. The number of aromatic nitrogens is 2. The molecule has 0 aromatic carbocycles. The Morgan fingerprint density at radius 2 is 2.33 bits per heavy atom. The second-order valence-electron chi connectivity index (χ2n) is 2.09. The second kappa shape index (κ2) is 3.51. The lowest BCUT2D eigenvalue weighted by molar-refractivity contribution is -0.117. The molecule has 1 aromatic rings. The molecule has 64 valence electrons. The average Bonchev–Trinajstić information content (AvgIpc) is 2.51. The van der Waals surface area contributed by atoms with Crippen molar-refractivity contribution >= 4 is 11.9 Å². The van der Waals surface area contributed by atoms with Gasteiger partial charge in [-0.15, -0.1) is 0 Å². The highest BCUT2D eigenvalue weighted by molar-refractivity contribution is 5.83. The molecule has 6 heteroatoms. The number of nitrogens with one attached hydrogen (secondary N) is 1. The molecule has 0 atom stereocenters. The van der Waals surface area contributed by atoms with Crippen molar-refractivity contribution < 1.29 is 9.59 Å². The van der Waals surface area contributed by atoms with Crippen molar-refractivity contribution in [1.29, 1.82) is 0 Å². The average molecular weight is 168 g/mol. The molecule has 0 aliphatic heterocycles. The smallest absolute Gasteiger partial charge is 0.327 e. The van der Waals surface area contributed by atoms with Gasteiger partial charge in [0.05, 0.1) is 6.54 Å². The molecule has 1 heterocycles.